The van der Waals surface area contributed by atoms with E-state index in [9.17, 15) is 9.50 Å². The number of nitrogens with zero attached hydrogens (tertiary/aromatic N) is 2. The molecule has 0 saturated heterocycles. The summed E-state index contributed by atoms with van der Waals surface area (Å²) in [7, 11) is 0. The van der Waals surface area contributed by atoms with Crippen LogP contribution in [0.3, 0.4) is 0 Å². The summed E-state index contributed by atoms with van der Waals surface area (Å²) < 4.78 is 14.9. The van der Waals surface area contributed by atoms with E-state index in [2.05, 4.69) is 5.10 Å². The van der Waals surface area contributed by atoms with Gasteiger partial charge >= 0.3 is 0 Å². The average molecular weight is 220 g/mol. The summed E-state index contributed by atoms with van der Waals surface area (Å²) in [5.74, 6) is -0.330. The van der Waals surface area contributed by atoms with Crippen molar-refractivity contribution in [3.05, 3.63) is 48.0 Å². The Balaban J connectivity index is 2.35. The predicted octanol–water partition coefficient (Wildman–Crippen LogP) is 2.45. The highest BCUT2D eigenvalue weighted by molar-refractivity contribution is 5.33. The van der Waals surface area contributed by atoms with Crippen molar-refractivity contribution in [2.45, 2.75) is 19.4 Å². The zero-order valence-electron chi connectivity index (χ0n) is 8.97. The minimum absolute atomic E-state index is 0.330. The van der Waals surface area contributed by atoms with Crippen LogP contribution < -0.4 is 0 Å². The Morgan fingerprint density at radius 2 is 2.19 bits per heavy atom. The van der Waals surface area contributed by atoms with Crippen LogP contribution in [0.2, 0.25) is 0 Å². The van der Waals surface area contributed by atoms with Crippen LogP contribution in [-0.4, -0.2) is 14.9 Å². The second-order valence-corrected chi connectivity index (χ2v) is 3.59. The van der Waals surface area contributed by atoms with Crippen LogP contribution in [0.15, 0.2) is 36.7 Å². The highest BCUT2D eigenvalue weighted by atomic mass is 19.1. The molecule has 0 spiro atoms. The van der Waals surface area contributed by atoms with Crippen molar-refractivity contribution >= 4 is 0 Å². The molecule has 0 radical (unpaired) electrons. The van der Waals surface area contributed by atoms with Gasteiger partial charge in [0.1, 0.15) is 11.5 Å². The maximum absolute atomic E-state index is 13.4. The van der Waals surface area contributed by atoms with E-state index in [0.29, 0.717) is 17.7 Å². The van der Waals surface area contributed by atoms with E-state index in [-0.39, 0.29) is 5.82 Å². The first-order valence-corrected chi connectivity index (χ1v) is 5.20. The highest BCUT2D eigenvalue weighted by Gasteiger charge is 2.10. The van der Waals surface area contributed by atoms with E-state index < -0.39 is 6.10 Å². The van der Waals surface area contributed by atoms with E-state index in [1.54, 1.807) is 30.6 Å². The van der Waals surface area contributed by atoms with Gasteiger partial charge in [0.05, 0.1) is 12.3 Å². The quantitative estimate of drug-likeness (QED) is 0.862. The molecule has 1 aromatic carbocycles. The first-order valence-electron chi connectivity index (χ1n) is 5.20. The summed E-state index contributed by atoms with van der Waals surface area (Å²) in [5.41, 5.74) is 1.09. The SMILES string of the molecule is CCC(O)c1cnn(-c2ccccc2F)c1. The molecule has 1 unspecified atom stereocenters. The van der Waals surface area contributed by atoms with Crippen molar-refractivity contribution in [3.63, 3.8) is 0 Å². The molecule has 0 aliphatic carbocycles. The topological polar surface area (TPSA) is 38.1 Å². The van der Waals surface area contributed by atoms with Gasteiger partial charge in [0.15, 0.2) is 0 Å². The molecule has 1 atom stereocenters. The fourth-order valence-corrected chi connectivity index (χ4v) is 1.51. The third-order valence-electron chi connectivity index (χ3n) is 2.47. The summed E-state index contributed by atoms with van der Waals surface area (Å²) >= 11 is 0. The van der Waals surface area contributed by atoms with Crippen molar-refractivity contribution in [1.82, 2.24) is 9.78 Å². The zero-order chi connectivity index (χ0) is 11.5. The molecule has 1 N–H and O–H groups in total. The van der Waals surface area contributed by atoms with E-state index >= 15 is 0 Å². The maximum atomic E-state index is 13.4. The number of hydrogen-bond donors (Lipinski definition) is 1. The molecule has 4 heteroatoms. The van der Waals surface area contributed by atoms with Gasteiger partial charge in [-0.25, -0.2) is 9.07 Å². The van der Waals surface area contributed by atoms with Crippen molar-refractivity contribution in [3.8, 4) is 5.69 Å². The van der Waals surface area contributed by atoms with E-state index in [1.807, 2.05) is 6.92 Å². The molecule has 2 aromatic rings. The lowest BCUT2D eigenvalue weighted by Gasteiger charge is -2.03. The number of halogens is 1. The molecular weight excluding hydrogens is 207 g/mol. The Morgan fingerprint density at radius 3 is 2.88 bits per heavy atom. The van der Waals surface area contributed by atoms with Gasteiger partial charge in [-0.05, 0) is 18.6 Å². The van der Waals surface area contributed by atoms with Gasteiger partial charge in [-0.3, -0.25) is 0 Å². The van der Waals surface area contributed by atoms with Crippen LogP contribution in [0.25, 0.3) is 5.69 Å². The minimum Gasteiger partial charge on any atom is -0.388 e. The van der Waals surface area contributed by atoms with Gasteiger partial charge in [0.2, 0.25) is 0 Å². The molecule has 0 saturated carbocycles. The normalized spacial score (nSPS) is 12.7. The molecule has 16 heavy (non-hydrogen) atoms. The minimum atomic E-state index is -0.541. The molecule has 0 fully saturated rings. The maximum Gasteiger partial charge on any atom is 0.148 e. The van der Waals surface area contributed by atoms with Crippen LogP contribution in [0.4, 0.5) is 4.39 Å². The Labute approximate surface area is 93.2 Å². The van der Waals surface area contributed by atoms with Crippen LogP contribution in [-0.2, 0) is 0 Å². The predicted molar refractivity (Wildman–Crippen MR) is 58.8 cm³/mol. The monoisotopic (exact) mass is 220 g/mol. The molecule has 2 rings (SSSR count). The summed E-state index contributed by atoms with van der Waals surface area (Å²) in [4.78, 5) is 0. The Bertz CT molecular complexity index is 481. The van der Waals surface area contributed by atoms with Crippen LogP contribution >= 0.6 is 0 Å². The average Bonchev–Trinajstić information content (AvgIpc) is 2.78. The smallest absolute Gasteiger partial charge is 0.148 e. The summed E-state index contributed by atoms with van der Waals surface area (Å²) in [6, 6.07) is 6.40. The third-order valence-corrected chi connectivity index (χ3v) is 2.47. The van der Waals surface area contributed by atoms with E-state index in [0.717, 1.165) is 0 Å². The second-order valence-electron chi connectivity index (χ2n) is 3.59. The molecule has 3 nitrogen and oxygen atoms in total. The summed E-state index contributed by atoms with van der Waals surface area (Å²) in [6.45, 7) is 1.88. The van der Waals surface area contributed by atoms with Crippen molar-refractivity contribution < 1.29 is 9.50 Å². The third kappa shape index (κ3) is 1.97. The zero-order valence-corrected chi connectivity index (χ0v) is 8.97. The van der Waals surface area contributed by atoms with Crippen LogP contribution in [0.1, 0.15) is 25.0 Å². The van der Waals surface area contributed by atoms with Gasteiger partial charge in [-0.2, -0.15) is 5.10 Å². The summed E-state index contributed by atoms with van der Waals surface area (Å²) in [6.07, 6.45) is 3.27. The first kappa shape index (κ1) is 10.8. The molecule has 1 heterocycles. The van der Waals surface area contributed by atoms with E-state index in [4.69, 9.17) is 0 Å². The molecular formula is C12H13FN2O. The van der Waals surface area contributed by atoms with Gasteiger partial charge in [0.25, 0.3) is 0 Å². The molecule has 0 bridgehead atoms. The number of rotatable bonds is 3. The lowest BCUT2D eigenvalue weighted by molar-refractivity contribution is 0.173. The highest BCUT2D eigenvalue weighted by Crippen LogP contribution is 2.18. The number of aliphatic hydroxyl groups is 1. The number of aliphatic hydroxyl groups excluding tert-OH is 1. The molecule has 0 aliphatic heterocycles. The number of hydrogen-bond acceptors (Lipinski definition) is 2. The van der Waals surface area contributed by atoms with Gasteiger partial charge in [-0.1, -0.05) is 19.1 Å². The number of aromatic nitrogens is 2. The largest absolute Gasteiger partial charge is 0.388 e. The Kier molecular flexibility index (Phi) is 3.01. The molecule has 0 aliphatic rings. The standard InChI is InChI=1S/C12H13FN2O/c1-2-12(16)9-7-14-15(8-9)11-6-4-3-5-10(11)13/h3-8,12,16H,2H2,1H3. The fourth-order valence-electron chi connectivity index (χ4n) is 1.51. The number of benzene rings is 1. The van der Waals surface area contributed by atoms with Gasteiger partial charge < -0.3 is 5.11 Å². The van der Waals surface area contributed by atoms with Crippen molar-refractivity contribution in [2.75, 3.05) is 0 Å². The number of para-hydroxylation sites is 1. The molecule has 84 valence electrons. The second kappa shape index (κ2) is 4.45. The molecule has 0 amide bonds. The van der Waals surface area contributed by atoms with Gasteiger partial charge in [0, 0.05) is 11.8 Å². The Hall–Kier alpha value is -1.68. The first-order chi connectivity index (χ1) is 7.72. The summed E-state index contributed by atoms with van der Waals surface area (Å²) in [5, 5.41) is 13.6. The molecule has 1 aromatic heterocycles. The fraction of sp³-hybridized carbons (Fsp3) is 0.250. The van der Waals surface area contributed by atoms with Gasteiger partial charge in [-0.15, -0.1) is 0 Å². The van der Waals surface area contributed by atoms with Crippen LogP contribution in [0, 0.1) is 5.82 Å². The lowest BCUT2D eigenvalue weighted by atomic mass is 10.2. The Morgan fingerprint density at radius 1 is 1.44 bits per heavy atom. The lowest BCUT2D eigenvalue weighted by Crippen LogP contribution is -1.98. The van der Waals surface area contributed by atoms with Crippen LogP contribution in [0.5, 0.6) is 0 Å². The van der Waals surface area contributed by atoms with E-state index in [1.165, 1.54) is 10.7 Å². The van der Waals surface area contributed by atoms with Crippen molar-refractivity contribution in [2.24, 2.45) is 0 Å². The van der Waals surface area contributed by atoms with Crippen molar-refractivity contribution in [1.29, 1.82) is 0 Å².